The molecular weight excluding hydrogens is 234 g/mol. The maximum absolute atomic E-state index is 11.4. The second-order valence-corrected chi connectivity index (χ2v) is 5.00. The van der Waals surface area contributed by atoms with Gasteiger partial charge in [-0.2, -0.15) is 0 Å². The fraction of sp³-hybridized carbons (Fsp3) is 0.923. The third-order valence-electron chi connectivity index (χ3n) is 2.25. The summed E-state index contributed by atoms with van der Waals surface area (Å²) in [5, 5.41) is 3.06. The topological polar surface area (TPSA) is 56.8 Å². The van der Waals surface area contributed by atoms with E-state index in [2.05, 4.69) is 5.32 Å². The number of hydrogen-bond acceptors (Lipinski definition) is 5. The molecule has 1 atom stereocenters. The van der Waals surface area contributed by atoms with Crippen LogP contribution in [0.25, 0.3) is 0 Å². The van der Waals surface area contributed by atoms with Crippen molar-refractivity contribution in [3.05, 3.63) is 0 Å². The van der Waals surface area contributed by atoms with Crippen LogP contribution in [-0.4, -0.2) is 51.1 Å². The van der Waals surface area contributed by atoms with Crippen molar-refractivity contribution < 1.29 is 19.0 Å². The first-order valence-electron chi connectivity index (χ1n) is 6.43. The standard InChI is InChI=1S/C13H27NO4/c1-6-14-11(12(15)16-5)7-8-17-9-10-18-13(2,3)4/h11,14H,6-10H2,1-5H3. The highest BCUT2D eigenvalue weighted by molar-refractivity contribution is 5.75. The molecule has 5 nitrogen and oxygen atoms in total. The van der Waals surface area contributed by atoms with Crippen LogP contribution in [0.15, 0.2) is 0 Å². The number of rotatable bonds is 9. The Kier molecular flexibility index (Phi) is 8.97. The molecule has 108 valence electrons. The Balaban J connectivity index is 3.64. The lowest BCUT2D eigenvalue weighted by Crippen LogP contribution is -2.38. The van der Waals surface area contributed by atoms with Gasteiger partial charge in [-0.3, -0.25) is 4.79 Å². The Hall–Kier alpha value is -0.650. The molecule has 0 spiro atoms. The Morgan fingerprint density at radius 3 is 2.39 bits per heavy atom. The summed E-state index contributed by atoms with van der Waals surface area (Å²) >= 11 is 0. The van der Waals surface area contributed by atoms with Gasteiger partial charge >= 0.3 is 5.97 Å². The van der Waals surface area contributed by atoms with Gasteiger partial charge in [-0.1, -0.05) is 6.92 Å². The molecule has 0 aliphatic carbocycles. The predicted octanol–water partition coefficient (Wildman–Crippen LogP) is 1.36. The molecule has 0 radical (unpaired) electrons. The summed E-state index contributed by atoms with van der Waals surface area (Å²) in [6.07, 6.45) is 0.607. The zero-order valence-electron chi connectivity index (χ0n) is 12.2. The van der Waals surface area contributed by atoms with Crippen LogP contribution in [0.5, 0.6) is 0 Å². The average molecular weight is 261 g/mol. The molecule has 0 saturated heterocycles. The van der Waals surface area contributed by atoms with Crippen molar-refractivity contribution in [2.45, 2.75) is 45.8 Å². The van der Waals surface area contributed by atoms with Crippen molar-refractivity contribution in [1.82, 2.24) is 5.32 Å². The van der Waals surface area contributed by atoms with Crippen LogP contribution in [0, 0.1) is 0 Å². The first-order chi connectivity index (χ1) is 8.40. The quantitative estimate of drug-likeness (QED) is 0.501. The van der Waals surface area contributed by atoms with Crippen molar-refractivity contribution in [1.29, 1.82) is 0 Å². The van der Waals surface area contributed by atoms with Gasteiger partial charge < -0.3 is 19.5 Å². The summed E-state index contributed by atoms with van der Waals surface area (Å²) in [7, 11) is 1.39. The van der Waals surface area contributed by atoms with Gasteiger partial charge in [0.05, 0.1) is 25.9 Å². The highest BCUT2D eigenvalue weighted by atomic mass is 16.5. The fourth-order valence-electron chi connectivity index (χ4n) is 1.40. The van der Waals surface area contributed by atoms with E-state index >= 15 is 0 Å². The zero-order chi connectivity index (χ0) is 14.0. The summed E-state index contributed by atoms with van der Waals surface area (Å²) in [5.41, 5.74) is -0.137. The minimum absolute atomic E-state index is 0.137. The second kappa shape index (κ2) is 9.30. The van der Waals surface area contributed by atoms with Gasteiger partial charge in [0.1, 0.15) is 6.04 Å². The van der Waals surface area contributed by atoms with E-state index in [1.54, 1.807) is 0 Å². The number of nitrogens with one attached hydrogen (secondary N) is 1. The number of hydrogen-bond donors (Lipinski definition) is 1. The minimum Gasteiger partial charge on any atom is -0.468 e. The summed E-state index contributed by atoms with van der Waals surface area (Å²) < 4.78 is 15.7. The van der Waals surface area contributed by atoms with Crippen molar-refractivity contribution in [3.63, 3.8) is 0 Å². The van der Waals surface area contributed by atoms with Gasteiger partial charge in [0, 0.05) is 6.61 Å². The van der Waals surface area contributed by atoms with E-state index in [1.165, 1.54) is 7.11 Å². The molecule has 18 heavy (non-hydrogen) atoms. The number of methoxy groups -OCH3 is 1. The summed E-state index contributed by atoms with van der Waals surface area (Å²) in [6, 6.07) is -0.288. The molecule has 0 rings (SSSR count). The van der Waals surface area contributed by atoms with Gasteiger partial charge in [-0.25, -0.2) is 0 Å². The van der Waals surface area contributed by atoms with Crippen LogP contribution in [-0.2, 0) is 19.0 Å². The maximum atomic E-state index is 11.4. The smallest absolute Gasteiger partial charge is 0.322 e. The van der Waals surface area contributed by atoms with Gasteiger partial charge in [0.15, 0.2) is 0 Å². The van der Waals surface area contributed by atoms with E-state index < -0.39 is 0 Å². The van der Waals surface area contributed by atoms with E-state index in [1.807, 2.05) is 27.7 Å². The number of carbonyl (C=O) groups excluding carboxylic acids is 1. The Bertz CT molecular complexity index is 226. The van der Waals surface area contributed by atoms with Crippen LogP contribution in [0.1, 0.15) is 34.1 Å². The highest BCUT2D eigenvalue weighted by Gasteiger charge is 2.17. The first-order valence-corrected chi connectivity index (χ1v) is 6.43. The first kappa shape index (κ1) is 17.4. The van der Waals surface area contributed by atoms with Crippen LogP contribution >= 0.6 is 0 Å². The highest BCUT2D eigenvalue weighted by Crippen LogP contribution is 2.05. The molecule has 0 fully saturated rings. The largest absolute Gasteiger partial charge is 0.468 e. The molecule has 1 N–H and O–H groups in total. The lowest BCUT2D eigenvalue weighted by Gasteiger charge is -2.19. The third kappa shape index (κ3) is 9.39. The van der Waals surface area contributed by atoms with Gasteiger partial charge in [0.25, 0.3) is 0 Å². The summed E-state index contributed by atoms with van der Waals surface area (Å²) in [5.74, 6) is -0.244. The van der Waals surface area contributed by atoms with Gasteiger partial charge in [-0.15, -0.1) is 0 Å². The van der Waals surface area contributed by atoms with E-state index in [9.17, 15) is 4.79 Å². The predicted molar refractivity (Wildman–Crippen MR) is 70.6 cm³/mol. The molecule has 0 amide bonds. The molecule has 0 aromatic heterocycles. The number of esters is 1. The minimum atomic E-state index is -0.288. The van der Waals surface area contributed by atoms with E-state index in [0.717, 1.165) is 6.54 Å². The van der Waals surface area contributed by atoms with Crippen molar-refractivity contribution >= 4 is 5.97 Å². The number of likely N-dealkylation sites (N-methyl/N-ethyl adjacent to an activating group) is 1. The van der Waals surface area contributed by atoms with Gasteiger partial charge in [-0.05, 0) is 33.7 Å². The molecule has 0 saturated carbocycles. The maximum Gasteiger partial charge on any atom is 0.322 e. The molecule has 1 unspecified atom stereocenters. The molecule has 0 aromatic rings. The van der Waals surface area contributed by atoms with E-state index in [4.69, 9.17) is 14.2 Å². The molecule has 0 aliphatic heterocycles. The second-order valence-electron chi connectivity index (χ2n) is 5.00. The molecule has 0 bridgehead atoms. The van der Waals surface area contributed by atoms with E-state index in [-0.39, 0.29) is 17.6 Å². The Morgan fingerprint density at radius 1 is 1.22 bits per heavy atom. The molecular formula is C13H27NO4. The zero-order valence-corrected chi connectivity index (χ0v) is 12.2. The lowest BCUT2D eigenvalue weighted by molar-refractivity contribution is -0.143. The fourth-order valence-corrected chi connectivity index (χ4v) is 1.40. The monoisotopic (exact) mass is 261 g/mol. The lowest BCUT2D eigenvalue weighted by atomic mass is 10.2. The SMILES string of the molecule is CCNC(CCOCCOC(C)(C)C)C(=O)OC. The number of ether oxygens (including phenoxy) is 3. The Morgan fingerprint density at radius 2 is 1.89 bits per heavy atom. The normalized spacial score (nSPS) is 13.4. The van der Waals surface area contributed by atoms with Crippen LogP contribution in [0.2, 0.25) is 0 Å². The number of carbonyl (C=O) groups is 1. The van der Waals surface area contributed by atoms with Crippen LogP contribution in [0.3, 0.4) is 0 Å². The van der Waals surface area contributed by atoms with Gasteiger partial charge in [0.2, 0.25) is 0 Å². The van der Waals surface area contributed by atoms with Crippen LogP contribution in [0.4, 0.5) is 0 Å². The summed E-state index contributed by atoms with van der Waals surface area (Å²) in [4.78, 5) is 11.4. The molecule has 5 heteroatoms. The Labute approximate surface area is 110 Å². The molecule has 0 aliphatic rings. The molecule has 0 heterocycles. The molecule has 0 aromatic carbocycles. The van der Waals surface area contributed by atoms with E-state index in [0.29, 0.717) is 26.2 Å². The summed E-state index contributed by atoms with van der Waals surface area (Å²) in [6.45, 7) is 10.3. The average Bonchev–Trinajstić information content (AvgIpc) is 2.29. The van der Waals surface area contributed by atoms with Crippen molar-refractivity contribution in [3.8, 4) is 0 Å². The third-order valence-corrected chi connectivity index (χ3v) is 2.25. The van der Waals surface area contributed by atoms with Crippen molar-refractivity contribution in [2.75, 3.05) is 33.5 Å². The van der Waals surface area contributed by atoms with Crippen LogP contribution < -0.4 is 5.32 Å². The van der Waals surface area contributed by atoms with Crippen molar-refractivity contribution in [2.24, 2.45) is 0 Å².